The van der Waals surface area contributed by atoms with Gasteiger partial charge < -0.3 is 10.2 Å². The van der Waals surface area contributed by atoms with Crippen LogP contribution in [0.4, 0.5) is 4.39 Å². The summed E-state index contributed by atoms with van der Waals surface area (Å²) in [5, 5.41) is 0. The third-order valence-electron chi connectivity index (χ3n) is 2.35. The molecule has 0 aliphatic heterocycles. The monoisotopic (exact) mass is 283 g/mol. The molecule has 0 saturated heterocycles. The van der Waals surface area contributed by atoms with Crippen molar-refractivity contribution in [2.45, 2.75) is 13.0 Å². The van der Waals surface area contributed by atoms with Gasteiger partial charge in [0.1, 0.15) is 11.6 Å². The van der Waals surface area contributed by atoms with Crippen molar-refractivity contribution in [3.05, 3.63) is 57.7 Å². The number of benzene rings is 1. The minimum atomic E-state index is -0.459. The van der Waals surface area contributed by atoms with Crippen LogP contribution in [-0.2, 0) is 0 Å². The van der Waals surface area contributed by atoms with E-state index in [0.29, 0.717) is 11.3 Å². The molecule has 0 fully saturated rings. The molecule has 0 saturated carbocycles. The van der Waals surface area contributed by atoms with Crippen LogP contribution < -0.4 is 5.73 Å². The lowest BCUT2D eigenvalue weighted by molar-refractivity contribution is 0.486. The minimum absolute atomic E-state index is 0.284. The van der Waals surface area contributed by atoms with Gasteiger partial charge in [0.05, 0.1) is 16.8 Å². The molecule has 1 heterocycles. The van der Waals surface area contributed by atoms with Gasteiger partial charge in [-0.1, -0.05) is 6.07 Å². The molecule has 2 aromatic rings. The van der Waals surface area contributed by atoms with Crippen molar-refractivity contribution in [3.8, 4) is 0 Å². The highest BCUT2D eigenvalue weighted by Crippen LogP contribution is 2.28. The maximum atomic E-state index is 13.2. The summed E-state index contributed by atoms with van der Waals surface area (Å²) in [5.74, 6) is 0.318. The third-order valence-corrected chi connectivity index (χ3v) is 3.01. The van der Waals surface area contributed by atoms with E-state index >= 15 is 0 Å². The van der Waals surface area contributed by atoms with E-state index in [1.807, 2.05) is 13.0 Å². The van der Waals surface area contributed by atoms with Crippen molar-refractivity contribution in [3.63, 3.8) is 0 Å². The van der Waals surface area contributed by atoms with Crippen molar-refractivity contribution in [1.82, 2.24) is 0 Å². The van der Waals surface area contributed by atoms with Gasteiger partial charge in [0.15, 0.2) is 0 Å². The largest absolute Gasteiger partial charge is 0.466 e. The molecule has 1 aromatic carbocycles. The highest BCUT2D eigenvalue weighted by atomic mass is 79.9. The number of nitrogens with two attached hydrogens (primary N) is 1. The van der Waals surface area contributed by atoms with Crippen molar-refractivity contribution in [1.29, 1.82) is 0 Å². The first-order chi connectivity index (χ1) is 7.58. The van der Waals surface area contributed by atoms with E-state index < -0.39 is 6.04 Å². The van der Waals surface area contributed by atoms with Gasteiger partial charge in [-0.15, -0.1) is 0 Å². The van der Waals surface area contributed by atoms with Gasteiger partial charge in [-0.3, -0.25) is 0 Å². The molecule has 1 aromatic heterocycles. The number of furan rings is 1. The van der Waals surface area contributed by atoms with Gasteiger partial charge in [-0.25, -0.2) is 4.39 Å². The predicted molar refractivity (Wildman–Crippen MR) is 63.6 cm³/mol. The Morgan fingerprint density at radius 3 is 2.69 bits per heavy atom. The first kappa shape index (κ1) is 11.4. The normalized spacial score (nSPS) is 12.8. The molecule has 0 radical (unpaired) electrons. The van der Waals surface area contributed by atoms with Gasteiger partial charge in [-0.05, 0) is 52.2 Å². The molecule has 1 unspecified atom stereocenters. The Kier molecular flexibility index (Phi) is 3.12. The molecule has 4 heteroatoms. The molecular weight excluding hydrogens is 273 g/mol. The Morgan fingerprint density at radius 1 is 1.38 bits per heavy atom. The van der Waals surface area contributed by atoms with Crippen LogP contribution in [-0.4, -0.2) is 0 Å². The second kappa shape index (κ2) is 4.39. The minimum Gasteiger partial charge on any atom is -0.466 e. The zero-order chi connectivity index (χ0) is 11.7. The fourth-order valence-electron chi connectivity index (χ4n) is 1.62. The summed E-state index contributed by atoms with van der Waals surface area (Å²) >= 11 is 3.33. The van der Waals surface area contributed by atoms with Crippen LogP contribution in [0.2, 0.25) is 0 Å². The van der Waals surface area contributed by atoms with E-state index in [2.05, 4.69) is 15.9 Å². The average molecular weight is 284 g/mol. The van der Waals surface area contributed by atoms with E-state index in [1.165, 1.54) is 12.1 Å². The lowest BCUT2D eigenvalue weighted by atomic mass is 10.0. The molecule has 16 heavy (non-hydrogen) atoms. The number of halogens is 2. The topological polar surface area (TPSA) is 39.2 Å². The summed E-state index contributed by atoms with van der Waals surface area (Å²) in [6.45, 7) is 1.83. The molecule has 2 N–H and O–H groups in total. The standard InChI is InChI=1S/C12H11BrFNO/c1-7-4-8(6-9(14)5-7)11(15)12-10(13)2-3-16-12/h2-6,11H,15H2,1H3. The van der Waals surface area contributed by atoms with Crippen LogP contribution in [0.5, 0.6) is 0 Å². The lowest BCUT2D eigenvalue weighted by Gasteiger charge is -2.11. The van der Waals surface area contributed by atoms with Crippen molar-refractivity contribution in [2.75, 3.05) is 0 Å². The summed E-state index contributed by atoms with van der Waals surface area (Å²) in [5.41, 5.74) is 7.55. The smallest absolute Gasteiger partial charge is 0.139 e. The van der Waals surface area contributed by atoms with Crippen LogP contribution in [0.1, 0.15) is 22.9 Å². The number of hydrogen-bond donors (Lipinski definition) is 1. The van der Waals surface area contributed by atoms with Crippen molar-refractivity contribution < 1.29 is 8.81 Å². The third kappa shape index (κ3) is 2.18. The zero-order valence-corrected chi connectivity index (χ0v) is 10.3. The molecule has 0 spiro atoms. The number of rotatable bonds is 2. The molecule has 84 valence electrons. The fourth-order valence-corrected chi connectivity index (χ4v) is 2.07. The quantitative estimate of drug-likeness (QED) is 0.916. The van der Waals surface area contributed by atoms with Gasteiger partial charge in [0, 0.05) is 0 Å². The second-order valence-electron chi connectivity index (χ2n) is 3.67. The second-order valence-corrected chi connectivity index (χ2v) is 4.53. The first-order valence-corrected chi connectivity index (χ1v) is 5.63. The molecule has 0 amide bonds. The van der Waals surface area contributed by atoms with Crippen LogP contribution in [0.3, 0.4) is 0 Å². The molecular formula is C12H11BrFNO. The Morgan fingerprint density at radius 2 is 2.12 bits per heavy atom. The van der Waals surface area contributed by atoms with Gasteiger partial charge in [0.2, 0.25) is 0 Å². The maximum absolute atomic E-state index is 13.2. The van der Waals surface area contributed by atoms with E-state index in [9.17, 15) is 4.39 Å². The van der Waals surface area contributed by atoms with Gasteiger partial charge in [-0.2, -0.15) is 0 Å². The average Bonchev–Trinajstić information content (AvgIpc) is 2.62. The Balaban J connectivity index is 2.41. The SMILES string of the molecule is Cc1cc(F)cc(C(N)c2occc2Br)c1. The lowest BCUT2D eigenvalue weighted by Crippen LogP contribution is -2.12. The van der Waals surface area contributed by atoms with Gasteiger partial charge in [0.25, 0.3) is 0 Å². The van der Waals surface area contributed by atoms with Crippen LogP contribution in [0, 0.1) is 12.7 Å². The molecule has 2 rings (SSSR count). The summed E-state index contributed by atoms with van der Waals surface area (Å²) in [7, 11) is 0. The van der Waals surface area contributed by atoms with Crippen LogP contribution >= 0.6 is 15.9 Å². The maximum Gasteiger partial charge on any atom is 0.139 e. The van der Waals surface area contributed by atoms with Crippen molar-refractivity contribution >= 4 is 15.9 Å². The predicted octanol–water partition coefficient (Wildman–Crippen LogP) is 3.54. The first-order valence-electron chi connectivity index (χ1n) is 4.83. The molecule has 2 nitrogen and oxygen atoms in total. The molecule has 0 aliphatic carbocycles. The highest BCUT2D eigenvalue weighted by Gasteiger charge is 2.16. The van der Waals surface area contributed by atoms with E-state index in [1.54, 1.807) is 12.3 Å². The van der Waals surface area contributed by atoms with Gasteiger partial charge >= 0.3 is 0 Å². The Bertz CT molecular complexity index is 489. The van der Waals surface area contributed by atoms with Crippen LogP contribution in [0.25, 0.3) is 0 Å². The van der Waals surface area contributed by atoms with E-state index in [0.717, 1.165) is 10.0 Å². The number of aryl methyl sites for hydroxylation is 1. The summed E-state index contributed by atoms with van der Waals surface area (Å²) in [6, 6.07) is 6.04. The Hall–Kier alpha value is -1.13. The van der Waals surface area contributed by atoms with Crippen molar-refractivity contribution in [2.24, 2.45) is 5.73 Å². The van der Waals surface area contributed by atoms with E-state index in [4.69, 9.17) is 10.2 Å². The highest BCUT2D eigenvalue weighted by molar-refractivity contribution is 9.10. The summed E-state index contributed by atoms with van der Waals surface area (Å²) < 4.78 is 19.3. The summed E-state index contributed by atoms with van der Waals surface area (Å²) in [6.07, 6.45) is 1.55. The molecule has 0 bridgehead atoms. The molecule has 1 atom stereocenters. The zero-order valence-electron chi connectivity index (χ0n) is 8.71. The number of hydrogen-bond acceptors (Lipinski definition) is 2. The fraction of sp³-hybridized carbons (Fsp3) is 0.167. The molecule has 0 aliphatic rings. The Labute approximate surface area is 101 Å². The summed E-state index contributed by atoms with van der Waals surface area (Å²) in [4.78, 5) is 0. The van der Waals surface area contributed by atoms with E-state index in [-0.39, 0.29) is 5.82 Å². The van der Waals surface area contributed by atoms with Crippen LogP contribution in [0.15, 0.2) is 39.4 Å².